The summed E-state index contributed by atoms with van der Waals surface area (Å²) in [6, 6.07) is 5.79. The van der Waals surface area contributed by atoms with Crippen LogP contribution >= 0.6 is 0 Å². The van der Waals surface area contributed by atoms with Gasteiger partial charge >= 0.3 is 5.97 Å². The molecule has 0 atom stereocenters. The average molecular weight is 272 g/mol. The fourth-order valence-electron chi connectivity index (χ4n) is 1.75. The van der Waals surface area contributed by atoms with Crippen LogP contribution in [0.15, 0.2) is 36.5 Å². The third-order valence-electron chi connectivity index (χ3n) is 2.69. The fourth-order valence-corrected chi connectivity index (χ4v) is 1.75. The molecule has 0 spiro atoms. The number of hydrogen-bond donors (Lipinski definition) is 0. The van der Waals surface area contributed by atoms with Crippen molar-refractivity contribution in [1.82, 2.24) is 9.97 Å². The molecule has 0 radical (unpaired) electrons. The molecule has 5 nitrogen and oxygen atoms in total. The fraction of sp³-hybridized carbons (Fsp3) is 0.267. The lowest BCUT2D eigenvalue weighted by molar-refractivity contribution is -0.137. The van der Waals surface area contributed by atoms with Crippen LogP contribution in [0.4, 0.5) is 0 Å². The molecule has 1 aromatic heterocycles. The van der Waals surface area contributed by atoms with Gasteiger partial charge < -0.3 is 9.47 Å². The highest BCUT2D eigenvalue weighted by Gasteiger charge is 2.01. The van der Waals surface area contributed by atoms with Gasteiger partial charge in [0.1, 0.15) is 0 Å². The van der Waals surface area contributed by atoms with Crippen molar-refractivity contribution >= 4 is 17.0 Å². The summed E-state index contributed by atoms with van der Waals surface area (Å²) >= 11 is 0. The normalized spacial score (nSPS) is 10.9. The molecule has 1 heterocycles. The van der Waals surface area contributed by atoms with E-state index in [2.05, 4.69) is 9.97 Å². The number of ether oxygens (including phenoxy) is 2. The second-order valence-electron chi connectivity index (χ2n) is 4.09. The van der Waals surface area contributed by atoms with Crippen molar-refractivity contribution < 1.29 is 14.3 Å². The van der Waals surface area contributed by atoms with E-state index in [9.17, 15) is 4.79 Å². The Labute approximate surface area is 117 Å². The monoisotopic (exact) mass is 272 g/mol. The molecule has 0 aliphatic carbocycles. The Morgan fingerprint density at radius 1 is 1.35 bits per heavy atom. The Balaban J connectivity index is 2.12. The van der Waals surface area contributed by atoms with E-state index < -0.39 is 0 Å². The molecule has 0 saturated carbocycles. The number of benzene rings is 1. The van der Waals surface area contributed by atoms with Crippen LogP contribution in [-0.2, 0) is 16.0 Å². The van der Waals surface area contributed by atoms with E-state index >= 15 is 0 Å². The largest absolute Gasteiger partial charge is 0.480 e. The first-order chi connectivity index (χ1) is 9.72. The minimum atomic E-state index is -0.324. The molecule has 0 aliphatic rings. The van der Waals surface area contributed by atoms with Crippen LogP contribution in [-0.4, -0.2) is 29.7 Å². The van der Waals surface area contributed by atoms with E-state index in [0.29, 0.717) is 18.9 Å². The quantitative estimate of drug-likeness (QED) is 0.617. The van der Waals surface area contributed by atoms with Gasteiger partial charge in [-0.2, -0.15) is 0 Å². The highest BCUT2D eigenvalue weighted by molar-refractivity contribution is 5.82. The number of aromatic nitrogens is 2. The van der Waals surface area contributed by atoms with Gasteiger partial charge in [0.2, 0.25) is 5.88 Å². The molecule has 20 heavy (non-hydrogen) atoms. The van der Waals surface area contributed by atoms with E-state index in [-0.39, 0.29) is 5.97 Å². The van der Waals surface area contributed by atoms with Crippen molar-refractivity contribution in [2.75, 3.05) is 13.7 Å². The third kappa shape index (κ3) is 3.54. The molecule has 5 heteroatoms. The van der Waals surface area contributed by atoms with E-state index in [1.54, 1.807) is 26.3 Å². The average Bonchev–Trinajstić information content (AvgIpc) is 2.46. The third-order valence-corrected chi connectivity index (χ3v) is 2.69. The maximum atomic E-state index is 11.2. The lowest BCUT2D eigenvalue weighted by Gasteiger charge is -2.02. The van der Waals surface area contributed by atoms with Crippen molar-refractivity contribution in [3.63, 3.8) is 0 Å². The van der Waals surface area contributed by atoms with Crippen molar-refractivity contribution in [3.05, 3.63) is 42.1 Å². The number of carbonyl (C=O) groups excluding carboxylic acids is 1. The Bertz CT molecular complexity index is 638. The predicted molar refractivity (Wildman–Crippen MR) is 75.6 cm³/mol. The van der Waals surface area contributed by atoms with Gasteiger partial charge in [0.15, 0.2) is 0 Å². The SMILES string of the molecule is CCOC(=O)/C=C/Cc1ccc2ncc(OC)nc2c1. The van der Waals surface area contributed by atoms with Crippen molar-refractivity contribution in [2.45, 2.75) is 13.3 Å². The molecule has 0 fully saturated rings. The second kappa shape index (κ2) is 6.65. The van der Waals surface area contributed by atoms with Crippen LogP contribution in [0.1, 0.15) is 12.5 Å². The molecule has 104 valence electrons. The summed E-state index contributed by atoms with van der Waals surface area (Å²) in [4.78, 5) is 19.8. The van der Waals surface area contributed by atoms with Crippen molar-refractivity contribution in [3.8, 4) is 5.88 Å². The van der Waals surface area contributed by atoms with E-state index in [1.165, 1.54) is 6.08 Å². The molecular weight excluding hydrogens is 256 g/mol. The predicted octanol–water partition coefficient (Wildman–Crippen LogP) is 2.30. The number of allylic oxidation sites excluding steroid dienone is 1. The molecule has 0 amide bonds. The van der Waals surface area contributed by atoms with Crippen LogP contribution in [0.5, 0.6) is 5.88 Å². The second-order valence-corrected chi connectivity index (χ2v) is 4.09. The van der Waals surface area contributed by atoms with E-state index in [4.69, 9.17) is 9.47 Å². The Kier molecular flexibility index (Phi) is 4.65. The van der Waals surface area contributed by atoms with E-state index in [0.717, 1.165) is 16.6 Å². The first kappa shape index (κ1) is 14.0. The molecule has 0 N–H and O–H groups in total. The van der Waals surface area contributed by atoms with Crippen LogP contribution in [0.25, 0.3) is 11.0 Å². The molecule has 1 aromatic carbocycles. The number of rotatable bonds is 5. The smallest absolute Gasteiger partial charge is 0.330 e. The number of methoxy groups -OCH3 is 1. The van der Waals surface area contributed by atoms with Gasteiger partial charge in [-0.1, -0.05) is 12.1 Å². The van der Waals surface area contributed by atoms with Gasteiger partial charge in [-0.15, -0.1) is 0 Å². The van der Waals surface area contributed by atoms with Crippen LogP contribution < -0.4 is 4.74 Å². The topological polar surface area (TPSA) is 61.3 Å². The lowest BCUT2D eigenvalue weighted by atomic mass is 10.1. The summed E-state index contributed by atoms with van der Waals surface area (Å²) in [6.07, 6.45) is 5.42. The number of nitrogens with zero attached hydrogens (tertiary/aromatic N) is 2. The Morgan fingerprint density at radius 2 is 2.20 bits per heavy atom. The number of hydrogen-bond acceptors (Lipinski definition) is 5. The lowest BCUT2D eigenvalue weighted by Crippen LogP contribution is -1.99. The molecule has 2 rings (SSSR count). The van der Waals surface area contributed by atoms with Gasteiger partial charge in [-0.25, -0.2) is 14.8 Å². The molecular formula is C15H16N2O3. The minimum Gasteiger partial charge on any atom is -0.480 e. The van der Waals surface area contributed by atoms with Gasteiger partial charge in [0, 0.05) is 6.08 Å². The highest BCUT2D eigenvalue weighted by Crippen LogP contribution is 2.15. The number of fused-ring (bicyclic) bond motifs is 1. The zero-order valence-electron chi connectivity index (χ0n) is 11.5. The summed E-state index contributed by atoms with van der Waals surface area (Å²) < 4.78 is 9.87. The molecule has 0 aliphatic heterocycles. The summed E-state index contributed by atoms with van der Waals surface area (Å²) in [5.41, 5.74) is 2.62. The van der Waals surface area contributed by atoms with E-state index in [1.807, 2.05) is 18.2 Å². The van der Waals surface area contributed by atoms with Crippen LogP contribution in [0, 0.1) is 0 Å². The first-order valence-electron chi connectivity index (χ1n) is 6.36. The first-order valence-corrected chi connectivity index (χ1v) is 6.36. The standard InChI is InChI=1S/C15H16N2O3/c1-3-20-15(18)6-4-5-11-7-8-12-13(9-11)17-14(19-2)10-16-12/h4,6-10H,3,5H2,1-2H3/b6-4+. The molecule has 0 unspecified atom stereocenters. The molecule has 2 aromatic rings. The summed E-state index contributed by atoms with van der Waals surface area (Å²) in [5, 5.41) is 0. The van der Waals surface area contributed by atoms with Gasteiger partial charge in [0.25, 0.3) is 0 Å². The zero-order chi connectivity index (χ0) is 14.4. The summed E-state index contributed by atoms with van der Waals surface area (Å²) in [5.74, 6) is 0.159. The van der Waals surface area contributed by atoms with Gasteiger partial charge in [-0.05, 0) is 31.0 Å². The minimum absolute atomic E-state index is 0.324. The highest BCUT2D eigenvalue weighted by atomic mass is 16.5. The zero-order valence-corrected chi connectivity index (χ0v) is 11.5. The summed E-state index contributed by atoms with van der Waals surface area (Å²) in [7, 11) is 1.56. The van der Waals surface area contributed by atoms with Gasteiger partial charge in [-0.3, -0.25) is 0 Å². The maximum Gasteiger partial charge on any atom is 0.330 e. The van der Waals surface area contributed by atoms with Crippen LogP contribution in [0.3, 0.4) is 0 Å². The van der Waals surface area contributed by atoms with Crippen molar-refractivity contribution in [1.29, 1.82) is 0 Å². The molecule has 0 saturated heterocycles. The number of carbonyl (C=O) groups is 1. The number of esters is 1. The van der Waals surface area contributed by atoms with Crippen LogP contribution in [0.2, 0.25) is 0 Å². The Hall–Kier alpha value is -2.43. The Morgan fingerprint density at radius 3 is 2.95 bits per heavy atom. The summed E-state index contributed by atoms with van der Waals surface area (Å²) in [6.45, 7) is 2.16. The van der Waals surface area contributed by atoms with Gasteiger partial charge in [0.05, 0.1) is 30.9 Å². The van der Waals surface area contributed by atoms with Crippen molar-refractivity contribution in [2.24, 2.45) is 0 Å². The maximum absolute atomic E-state index is 11.2. The molecule has 0 bridgehead atoms.